The zero-order valence-corrected chi connectivity index (χ0v) is 37.0. The van der Waals surface area contributed by atoms with E-state index in [0.717, 1.165) is 66.4 Å². The van der Waals surface area contributed by atoms with Crippen molar-refractivity contribution in [3.05, 3.63) is 126 Å². The van der Waals surface area contributed by atoms with Crippen LogP contribution in [0.15, 0.2) is 114 Å². The lowest BCUT2D eigenvalue weighted by Gasteiger charge is -2.33. The third kappa shape index (κ3) is 10.7. The number of carbonyl (C=O) groups is 4. The summed E-state index contributed by atoms with van der Waals surface area (Å²) >= 11 is 0. The van der Waals surface area contributed by atoms with Gasteiger partial charge in [0.25, 0.3) is 0 Å². The third-order valence-corrected chi connectivity index (χ3v) is 12.4. The minimum atomic E-state index is -0.552. The van der Waals surface area contributed by atoms with Gasteiger partial charge in [0.1, 0.15) is 29.5 Å². The van der Waals surface area contributed by atoms with Gasteiger partial charge in [-0.1, -0.05) is 94.4 Å². The Bertz CT molecular complexity index is 2290. The largest absolute Gasteiger partial charge is 0.456 e. The van der Waals surface area contributed by atoms with E-state index in [2.05, 4.69) is 43.2 Å². The highest BCUT2D eigenvalue weighted by Crippen LogP contribution is 2.32. The molecule has 2 aliphatic heterocycles. The summed E-state index contributed by atoms with van der Waals surface area (Å²) in [5.74, 6) is 1.47. The Morgan fingerprint density at radius 1 is 0.726 bits per heavy atom. The van der Waals surface area contributed by atoms with Gasteiger partial charge in [0.2, 0.25) is 17.7 Å². The highest BCUT2D eigenvalue weighted by molar-refractivity contribution is 5.99. The van der Waals surface area contributed by atoms with Crippen molar-refractivity contribution in [1.29, 1.82) is 0 Å². The molecule has 0 aliphatic carbocycles. The van der Waals surface area contributed by atoms with Crippen molar-refractivity contribution < 1.29 is 23.6 Å². The Kier molecular flexibility index (Phi) is 14.7. The molecule has 7 rings (SSSR count). The molecule has 4 atom stereocenters. The molecule has 2 N–H and O–H groups in total. The molecule has 10 nitrogen and oxygen atoms in total. The number of fused-ring (bicyclic) bond motifs is 1. The Labute approximate surface area is 367 Å². The van der Waals surface area contributed by atoms with Crippen molar-refractivity contribution in [3.63, 3.8) is 0 Å². The fraction of sp³-hybridized carbons (Fsp3) is 0.423. The first-order valence-corrected chi connectivity index (χ1v) is 22.6. The van der Waals surface area contributed by atoms with Crippen molar-refractivity contribution in [1.82, 2.24) is 20.0 Å². The van der Waals surface area contributed by atoms with Crippen molar-refractivity contribution in [2.45, 2.75) is 96.8 Å². The first-order valence-electron chi connectivity index (χ1n) is 22.6. The number of nitrogens with one attached hydrogen (secondary N) is 2. The van der Waals surface area contributed by atoms with Crippen LogP contribution < -0.4 is 10.6 Å². The molecule has 2 fully saturated rings. The van der Waals surface area contributed by atoms with Crippen LogP contribution in [-0.2, 0) is 25.6 Å². The van der Waals surface area contributed by atoms with E-state index in [4.69, 9.17) is 4.42 Å². The number of amides is 3. The van der Waals surface area contributed by atoms with Gasteiger partial charge in [-0.2, -0.15) is 0 Å². The lowest BCUT2D eigenvalue weighted by Crippen LogP contribution is -2.48. The van der Waals surface area contributed by atoms with E-state index in [1.54, 1.807) is 9.80 Å². The van der Waals surface area contributed by atoms with Crippen molar-refractivity contribution in [2.24, 2.45) is 11.8 Å². The average molecular weight is 838 g/mol. The average Bonchev–Trinajstić information content (AvgIpc) is 4.06. The van der Waals surface area contributed by atoms with Crippen LogP contribution in [0.1, 0.15) is 95.0 Å². The molecule has 326 valence electrons. The highest BCUT2D eigenvalue weighted by Gasteiger charge is 2.40. The van der Waals surface area contributed by atoms with Crippen LogP contribution in [-0.4, -0.2) is 83.5 Å². The number of likely N-dealkylation sites (tertiary alicyclic amines) is 2. The summed E-state index contributed by atoms with van der Waals surface area (Å²) in [5.41, 5.74) is 4.92. The van der Waals surface area contributed by atoms with Gasteiger partial charge in [0, 0.05) is 36.1 Å². The predicted octanol–water partition coefficient (Wildman–Crippen LogP) is 9.23. The summed E-state index contributed by atoms with van der Waals surface area (Å²) < 4.78 is 6.25. The van der Waals surface area contributed by atoms with Gasteiger partial charge in [-0.25, -0.2) is 0 Å². The molecule has 0 unspecified atom stereocenters. The van der Waals surface area contributed by atoms with Crippen LogP contribution in [0.4, 0.5) is 5.69 Å². The molecule has 10 heteroatoms. The van der Waals surface area contributed by atoms with Crippen molar-refractivity contribution >= 4 is 40.2 Å². The van der Waals surface area contributed by atoms with Gasteiger partial charge in [-0.3, -0.25) is 24.1 Å². The van der Waals surface area contributed by atoms with E-state index >= 15 is 0 Å². The van der Waals surface area contributed by atoms with E-state index in [0.29, 0.717) is 54.8 Å². The van der Waals surface area contributed by atoms with Gasteiger partial charge in [0.15, 0.2) is 5.78 Å². The Hall–Kier alpha value is -5.58. The van der Waals surface area contributed by atoms with Crippen LogP contribution in [0.5, 0.6) is 0 Å². The summed E-state index contributed by atoms with van der Waals surface area (Å²) in [7, 11) is 2.00. The number of carbonyl (C=O) groups excluding carboxylic acids is 4. The fourth-order valence-corrected chi connectivity index (χ4v) is 8.92. The Balaban J connectivity index is 0.983. The van der Waals surface area contributed by atoms with Gasteiger partial charge in [-0.15, -0.1) is 0 Å². The van der Waals surface area contributed by atoms with E-state index < -0.39 is 24.2 Å². The molecular formula is C52H63N5O5. The number of hydrogen-bond donors (Lipinski definition) is 2. The van der Waals surface area contributed by atoms with Crippen LogP contribution in [0.25, 0.3) is 22.3 Å². The summed E-state index contributed by atoms with van der Waals surface area (Å²) in [6, 6.07) is 33.0. The molecular weight excluding hydrogens is 775 g/mol. The molecule has 0 spiro atoms. The molecule has 0 saturated carbocycles. The van der Waals surface area contributed by atoms with Gasteiger partial charge in [-0.05, 0) is 130 Å². The molecule has 4 aromatic carbocycles. The first-order chi connectivity index (χ1) is 30.0. The van der Waals surface area contributed by atoms with Gasteiger partial charge >= 0.3 is 0 Å². The van der Waals surface area contributed by atoms with Crippen molar-refractivity contribution in [2.75, 3.05) is 38.5 Å². The number of anilines is 1. The molecule has 3 amide bonds. The number of likely N-dealkylation sites (N-methyl/N-ethyl adjacent to an activating group) is 1. The van der Waals surface area contributed by atoms with E-state index in [-0.39, 0.29) is 29.9 Å². The molecule has 2 saturated heterocycles. The minimum absolute atomic E-state index is 0.0408. The molecule has 62 heavy (non-hydrogen) atoms. The summed E-state index contributed by atoms with van der Waals surface area (Å²) in [5, 5.41) is 7.44. The molecule has 0 bridgehead atoms. The zero-order valence-electron chi connectivity index (χ0n) is 37.0. The summed E-state index contributed by atoms with van der Waals surface area (Å²) in [6.07, 6.45) is 4.99. The fourth-order valence-electron chi connectivity index (χ4n) is 8.92. The smallest absolute Gasteiger partial charge is 0.247 e. The lowest BCUT2D eigenvalue weighted by atomic mass is 9.99. The maximum atomic E-state index is 14.2. The SMILES string of the molecule is CC(C)CCN[C@@H](C(=O)N1CCC[C@H]1C(=O)Cc1ccc2oc(-c3ccc(NC(=O)[C@@H]4CCCN4C(=O)[C@@H](c4ccccc4)N(C)CCC(C)C)cc3)cc2c1)c1ccccc1. The lowest BCUT2D eigenvalue weighted by molar-refractivity contribution is -0.141. The molecule has 2 aliphatic rings. The number of rotatable bonds is 18. The number of Topliss-reactive ketones (excluding diaryl/α,β-unsaturated/α-hetero) is 1. The highest BCUT2D eigenvalue weighted by atomic mass is 16.3. The van der Waals surface area contributed by atoms with E-state index in [9.17, 15) is 19.2 Å². The molecule has 1 aromatic heterocycles. The maximum absolute atomic E-state index is 14.2. The number of furan rings is 1. The second kappa shape index (κ2) is 20.5. The predicted molar refractivity (Wildman–Crippen MR) is 246 cm³/mol. The molecule has 0 radical (unpaired) electrons. The Morgan fingerprint density at radius 2 is 1.35 bits per heavy atom. The van der Waals surface area contributed by atoms with Crippen LogP contribution in [0.3, 0.4) is 0 Å². The summed E-state index contributed by atoms with van der Waals surface area (Å²) in [6.45, 7) is 11.3. The van der Waals surface area contributed by atoms with E-state index in [1.807, 2.05) is 116 Å². The quantitative estimate of drug-likeness (QED) is 0.0905. The summed E-state index contributed by atoms with van der Waals surface area (Å²) in [4.78, 5) is 61.6. The number of ketones is 1. The first kappa shape index (κ1) is 44.5. The maximum Gasteiger partial charge on any atom is 0.247 e. The number of benzene rings is 4. The molecule has 3 heterocycles. The standard InChI is InChI=1S/C52H63N5O5/c1-35(2)26-28-53-48(39-14-8-6-9-15-39)51(60)56-29-12-18-43(56)45(58)33-37-20-25-46-41(32-37)34-47(62-46)38-21-23-42(24-22-38)54-50(59)44-19-13-30-57(44)52(61)49(40-16-10-7-11-17-40)55(5)31-27-36(3)4/h6-11,14-17,20-25,32,34-36,43-44,48-49,53H,12-13,18-19,26-31,33H2,1-5H3,(H,54,59)/t43-,44-,48+,49+/m0/s1. The second-order valence-electron chi connectivity index (χ2n) is 18.0. The zero-order chi connectivity index (χ0) is 43.8. The number of hydrogen-bond acceptors (Lipinski definition) is 7. The van der Waals surface area contributed by atoms with Crippen molar-refractivity contribution in [3.8, 4) is 11.3 Å². The second-order valence-corrected chi connectivity index (χ2v) is 18.0. The van der Waals surface area contributed by atoms with Crippen LogP contribution in [0, 0.1) is 11.8 Å². The van der Waals surface area contributed by atoms with Crippen LogP contribution in [0.2, 0.25) is 0 Å². The van der Waals surface area contributed by atoms with Crippen LogP contribution >= 0.6 is 0 Å². The van der Waals surface area contributed by atoms with Gasteiger partial charge in [0.05, 0.1) is 6.04 Å². The normalized spacial score (nSPS) is 17.6. The minimum Gasteiger partial charge on any atom is -0.456 e. The third-order valence-electron chi connectivity index (χ3n) is 12.4. The monoisotopic (exact) mass is 837 g/mol. The van der Waals surface area contributed by atoms with E-state index in [1.165, 1.54) is 0 Å². The number of nitrogens with zero attached hydrogens (tertiary/aromatic N) is 3. The Morgan fingerprint density at radius 3 is 2.02 bits per heavy atom. The topological polar surface area (TPSA) is 115 Å². The molecule has 5 aromatic rings. The van der Waals surface area contributed by atoms with Gasteiger partial charge < -0.3 is 24.9 Å².